The minimum Gasteiger partial charge on any atom is -0.444 e. The zero-order chi connectivity index (χ0) is 19.4. The topological polar surface area (TPSA) is 85.7 Å². The summed E-state index contributed by atoms with van der Waals surface area (Å²) in [5.74, 6) is 0.365. The third kappa shape index (κ3) is 5.45. The smallest absolute Gasteiger partial charge is 0.410 e. The van der Waals surface area contributed by atoms with Crippen LogP contribution in [0.15, 0.2) is 12.4 Å². The number of rotatable bonds is 4. The normalized spacial score (nSPS) is 21.3. The Kier molecular flexibility index (Phi) is 6.04. The van der Waals surface area contributed by atoms with Gasteiger partial charge in [-0.15, -0.1) is 0 Å². The molecule has 8 nitrogen and oxygen atoms in total. The second-order valence-corrected chi connectivity index (χ2v) is 8.33. The van der Waals surface area contributed by atoms with E-state index in [9.17, 15) is 9.59 Å². The van der Waals surface area contributed by atoms with Gasteiger partial charge in [-0.05, 0) is 52.4 Å². The van der Waals surface area contributed by atoms with Crippen molar-refractivity contribution >= 4 is 17.7 Å². The third-order valence-electron chi connectivity index (χ3n) is 4.87. The maximum Gasteiger partial charge on any atom is 0.410 e. The van der Waals surface area contributed by atoms with Crippen LogP contribution in [0.1, 0.15) is 46.5 Å². The highest BCUT2D eigenvalue weighted by molar-refractivity contribution is 5.96. The number of nitrogens with zero attached hydrogens (tertiary/aromatic N) is 3. The van der Waals surface area contributed by atoms with Gasteiger partial charge in [0.15, 0.2) is 0 Å². The lowest BCUT2D eigenvalue weighted by Gasteiger charge is -2.27. The van der Waals surface area contributed by atoms with E-state index in [1.165, 1.54) is 4.90 Å². The van der Waals surface area contributed by atoms with Gasteiger partial charge in [-0.2, -0.15) is 5.10 Å². The molecule has 2 aliphatic rings. The molecule has 0 radical (unpaired) electrons. The Hall–Kier alpha value is -2.09. The third-order valence-corrected chi connectivity index (χ3v) is 4.87. The second kappa shape index (κ2) is 8.29. The fraction of sp³-hybridized carbons (Fsp3) is 0.737. The van der Waals surface area contributed by atoms with Gasteiger partial charge in [0.05, 0.1) is 11.9 Å². The molecular weight excluding hydrogens is 348 g/mol. The predicted octanol–water partition coefficient (Wildman–Crippen LogP) is 2.65. The van der Waals surface area contributed by atoms with E-state index in [0.717, 1.165) is 39.0 Å². The van der Waals surface area contributed by atoms with Crippen molar-refractivity contribution in [2.24, 2.45) is 5.92 Å². The molecule has 1 unspecified atom stereocenters. The summed E-state index contributed by atoms with van der Waals surface area (Å²) in [7, 11) is 0. The average Bonchev–Trinajstić information content (AvgIpc) is 3.23. The summed E-state index contributed by atoms with van der Waals surface area (Å²) in [6, 6.07) is -0.501. The molecule has 0 aliphatic carbocycles. The molecule has 1 aromatic rings. The molecule has 27 heavy (non-hydrogen) atoms. The summed E-state index contributed by atoms with van der Waals surface area (Å²) in [6.45, 7) is 8.44. The minimum atomic E-state index is -0.577. The van der Waals surface area contributed by atoms with Crippen LogP contribution in [0.3, 0.4) is 0 Å². The molecule has 0 bridgehead atoms. The van der Waals surface area contributed by atoms with Gasteiger partial charge in [-0.25, -0.2) is 4.79 Å². The fourth-order valence-corrected chi connectivity index (χ4v) is 3.53. The molecule has 1 aromatic heterocycles. The summed E-state index contributed by atoms with van der Waals surface area (Å²) >= 11 is 0. The van der Waals surface area contributed by atoms with Crippen LogP contribution in [0, 0.1) is 5.92 Å². The first-order valence-corrected chi connectivity index (χ1v) is 9.72. The van der Waals surface area contributed by atoms with Gasteiger partial charge in [0.1, 0.15) is 11.6 Å². The van der Waals surface area contributed by atoms with Crippen LogP contribution in [0.25, 0.3) is 0 Å². The van der Waals surface area contributed by atoms with Crippen LogP contribution >= 0.6 is 0 Å². The van der Waals surface area contributed by atoms with Crippen LogP contribution in [0.4, 0.5) is 10.5 Å². The van der Waals surface area contributed by atoms with Crippen molar-refractivity contribution in [2.75, 3.05) is 25.1 Å². The molecule has 2 fully saturated rings. The zero-order valence-electron chi connectivity index (χ0n) is 16.4. The summed E-state index contributed by atoms with van der Waals surface area (Å²) in [5.41, 5.74) is 0.0783. The highest BCUT2D eigenvalue weighted by Crippen LogP contribution is 2.23. The number of likely N-dealkylation sites (tertiary alicyclic amines) is 1. The Balaban J connectivity index is 1.55. The van der Waals surface area contributed by atoms with E-state index in [4.69, 9.17) is 9.47 Å². The highest BCUT2D eigenvalue weighted by atomic mass is 16.6. The quantitative estimate of drug-likeness (QED) is 0.870. The number of aromatic nitrogens is 2. The first kappa shape index (κ1) is 19.7. The van der Waals surface area contributed by atoms with Crippen molar-refractivity contribution in [3.63, 3.8) is 0 Å². The lowest BCUT2D eigenvalue weighted by Crippen LogP contribution is -2.45. The van der Waals surface area contributed by atoms with Crippen molar-refractivity contribution in [1.29, 1.82) is 0 Å². The number of nitrogens with one attached hydrogen (secondary N) is 1. The van der Waals surface area contributed by atoms with Gasteiger partial charge < -0.3 is 14.8 Å². The molecule has 1 N–H and O–H groups in total. The molecule has 0 spiro atoms. The van der Waals surface area contributed by atoms with Gasteiger partial charge in [0.2, 0.25) is 5.91 Å². The number of hydrogen-bond acceptors (Lipinski definition) is 5. The summed E-state index contributed by atoms with van der Waals surface area (Å²) in [4.78, 5) is 26.6. The maximum absolute atomic E-state index is 12.7. The van der Waals surface area contributed by atoms with Crippen LogP contribution in [0.2, 0.25) is 0 Å². The molecular formula is C19H30N4O4. The fourth-order valence-electron chi connectivity index (χ4n) is 3.53. The predicted molar refractivity (Wildman–Crippen MR) is 100 cm³/mol. The van der Waals surface area contributed by atoms with Crippen molar-refractivity contribution in [3.8, 4) is 0 Å². The van der Waals surface area contributed by atoms with Crippen molar-refractivity contribution in [3.05, 3.63) is 12.4 Å². The summed E-state index contributed by atoms with van der Waals surface area (Å²) in [5, 5.41) is 7.24. The molecule has 1 atom stereocenters. The molecule has 0 saturated carbocycles. The summed E-state index contributed by atoms with van der Waals surface area (Å²) < 4.78 is 12.7. The molecule has 8 heteroatoms. The Morgan fingerprint density at radius 2 is 2.04 bits per heavy atom. The number of ether oxygens (including phenoxy) is 2. The van der Waals surface area contributed by atoms with E-state index in [1.807, 2.05) is 31.6 Å². The molecule has 2 amide bonds. The lowest BCUT2D eigenvalue weighted by atomic mass is 10.0. The van der Waals surface area contributed by atoms with E-state index >= 15 is 0 Å². The van der Waals surface area contributed by atoms with Crippen LogP contribution in [0.5, 0.6) is 0 Å². The monoisotopic (exact) mass is 378 g/mol. The van der Waals surface area contributed by atoms with E-state index in [0.29, 0.717) is 24.6 Å². The number of carbonyl (C=O) groups excluding carboxylic acids is 2. The second-order valence-electron chi connectivity index (χ2n) is 8.33. The zero-order valence-corrected chi connectivity index (χ0v) is 16.4. The van der Waals surface area contributed by atoms with E-state index in [-0.39, 0.29) is 5.91 Å². The van der Waals surface area contributed by atoms with Crippen LogP contribution in [-0.4, -0.2) is 58.1 Å². The van der Waals surface area contributed by atoms with Gasteiger partial charge >= 0.3 is 6.09 Å². The standard InChI is InChI=1S/C19H30N4O4/c1-19(2,3)27-18(25)23-8-4-5-16(23)17(24)21-15-11-20-22(13-15)12-14-6-9-26-10-7-14/h11,13-14,16H,4-10,12H2,1-3H3,(H,21,24). The first-order valence-electron chi connectivity index (χ1n) is 9.72. The first-order chi connectivity index (χ1) is 12.8. The number of hydrogen-bond donors (Lipinski definition) is 1. The van der Waals surface area contributed by atoms with Gasteiger partial charge in [0, 0.05) is 32.5 Å². The Bertz CT molecular complexity index is 661. The van der Waals surface area contributed by atoms with E-state index in [2.05, 4.69) is 10.4 Å². The maximum atomic E-state index is 12.7. The van der Waals surface area contributed by atoms with Crippen molar-refractivity contribution in [1.82, 2.24) is 14.7 Å². The van der Waals surface area contributed by atoms with E-state index < -0.39 is 17.7 Å². The molecule has 2 saturated heterocycles. The van der Waals surface area contributed by atoms with Gasteiger partial charge in [-0.1, -0.05) is 0 Å². The Morgan fingerprint density at radius 1 is 1.30 bits per heavy atom. The van der Waals surface area contributed by atoms with Crippen molar-refractivity contribution < 1.29 is 19.1 Å². The SMILES string of the molecule is CC(C)(C)OC(=O)N1CCCC1C(=O)Nc1cnn(CC2CCOCC2)c1. The van der Waals surface area contributed by atoms with Crippen molar-refractivity contribution in [2.45, 2.75) is 64.6 Å². The minimum absolute atomic E-state index is 0.191. The molecule has 3 heterocycles. The number of anilines is 1. The summed E-state index contributed by atoms with van der Waals surface area (Å²) in [6.07, 6.45) is 6.57. The lowest BCUT2D eigenvalue weighted by molar-refractivity contribution is -0.120. The molecule has 0 aromatic carbocycles. The highest BCUT2D eigenvalue weighted by Gasteiger charge is 2.36. The van der Waals surface area contributed by atoms with Gasteiger partial charge in [0.25, 0.3) is 0 Å². The van der Waals surface area contributed by atoms with Gasteiger partial charge in [-0.3, -0.25) is 14.4 Å². The molecule has 2 aliphatic heterocycles. The Labute approximate surface area is 160 Å². The molecule has 150 valence electrons. The van der Waals surface area contributed by atoms with Crippen LogP contribution in [-0.2, 0) is 20.8 Å². The average molecular weight is 378 g/mol. The largest absolute Gasteiger partial charge is 0.444 e. The molecule has 3 rings (SSSR count). The van der Waals surface area contributed by atoms with E-state index in [1.54, 1.807) is 6.20 Å². The Morgan fingerprint density at radius 3 is 2.74 bits per heavy atom. The number of carbonyl (C=O) groups is 2. The van der Waals surface area contributed by atoms with Crippen LogP contribution < -0.4 is 5.32 Å². The number of amides is 2.